The highest BCUT2D eigenvalue weighted by Crippen LogP contribution is 2.51. The molecule has 3 rings (SSSR count). The van der Waals surface area contributed by atoms with Gasteiger partial charge in [-0.25, -0.2) is 0 Å². The van der Waals surface area contributed by atoms with Gasteiger partial charge in [0, 0.05) is 17.7 Å². The van der Waals surface area contributed by atoms with Gasteiger partial charge in [0.05, 0.1) is 0 Å². The smallest absolute Gasteiger partial charge is 0.229 e. The minimum atomic E-state index is -0.491. The molecular formula is C16H18O3. The number of rotatable bonds is 0. The van der Waals surface area contributed by atoms with Crippen LogP contribution in [0.1, 0.15) is 40.0 Å². The van der Waals surface area contributed by atoms with Crippen molar-refractivity contribution in [3.8, 4) is 0 Å². The summed E-state index contributed by atoms with van der Waals surface area (Å²) in [6, 6.07) is 0. The number of ether oxygens (including phenoxy) is 1. The standard InChI is InChI=1S/C16H18O3/c1-15(2)5-4-6-16(3)14(15)8-10-7-11(17)12(18)9-13(10)19-16/h7-9H,4-6H2,1-3H3/t16-/m0/s1. The van der Waals surface area contributed by atoms with E-state index in [1.807, 2.05) is 0 Å². The molecule has 3 aliphatic rings. The number of fused-ring (bicyclic) bond motifs is 2. The third kappa shape index (κ3) is 1.79. The van der Waals surface area contributed by atoms with E-state index in [2.05, 4.69) is 26.8 Å². The van der Waals surface area contributed by atoms with Gasteiger partial charge in [-0.3, -0.25) is 9.59 Å². The average molecular weight is 258 g/mol. The molecule has 3 heteroatoms. The van der Waals surface area contributed by atoms with Crippen LogP contribution in [-0.2, 0) is 14.3 Å². The Morgan fingerprint density at radius 1 is 1.00 bits per heavy atom. The van der Waals surface area contributed by atoms with E-state index in [0.29, 0.717) is 5.76 Å². The molecule has 1 saturated carbocycles. The van der Waals surface area contributed by atoms with Crippen LogP contribution < -0.4 is 0 Å². The Balaban J connectivity index is 2.14. The van der Waals surface area contributed by atoms with Crippen LogP contribution in [0.3, 0.4) is 0 Å². The van der Waals surface area contributed by atoms with Gasteiger partial charge in [-0.1, -0.05) is 13.8 Å². The van der Waals surface area contributed by atoms with Crippen LogP contribution in [0.25, 0.3) is 0 Å². The average Bonchev–Trinajstić information content (AvgIpc) is 2.29. The van der Waals surface area contributed by atoms with Crippen molar-refractivity contribution in [1.82, 2.24) is 0 Å². The van der Waals surface area contributed by atoms with Crippen molar-refractivity contribution in [2.45, 2.75) is 45.6 Å². The highest BCUT2D eigenvalue weighted by molar-refractivity contribution is 6.46. The van der Waals surface area contributed by atoms with Gasteiger partial charge in [0.2, 0.25) is 11.6 Å². The Hall–Kier alpha value is -1.64. The van der Waals surface area contributed by atoms with Gasteiger partial charge in [0.25, 0.3) is 0 Å². The van der Waals surface area contributed by atoms with Crippen molar-refractivity contribution in [1.29, 1.82) is 0 Å². The molecule has 1 fully saturated rings. The molecule has 0 aromatic heterocycles. The van der Waals surface area contributed by atoms with E-state index in [4.69, 9.17) is 4.74 Å². The van der Waals surface area contributed by atoms with E-state index < -0.39 is 11.6 Å². The monoisotopic (exact) mass is 258 g/mol. The molecule has 0 aromatic carbocycles. The molecule has 1 heterocycles. The third-order valence-electron chi connectivity index (χ3n) is 4.47. The summed E-state index contributed by atoms with van der Waals surface area (Å²) >= 11 is 0. The fraction of sp³-hybridized carbons (Fsp3) is 0.500. The topological polar surface area (TPSA) is 43.4 Å². The minimum Gasteiger partial charge on any atom is -0.482 e. The van der Waals surface area contributed by atoms with Crippen molar-refractivity contribution in [3.05, 3.63) is 35.1 Å². The lowest BCUT2D eigenvalue weighted by Gasteiger charge is -2.48. The Bertz CT molecular complexity index is 575. The fourth-order valence-electron chi connectivity index (χ4n) is 3.46. The normalized spacial score (nSPS) is 32.5. The predicted octanol–water partition coefficient (Wildman–Crippen LogP) is 2.87. The van der Waals surface area contributed by atoms with E-state index in [9.17, 15) is 9.59 Å². The summed E-state index contributed by atoms with van der Waals surface area (Å²) < 4.78 is 6.09. The quantitative estimate of drug-likeness (QED) is 0.495. The van der Waals surface area contributed by atoms with Crippen LogP contribution in [0.4, 0.5) is 0 Å². The summed E-state index contributed by atoms with van der Waals surface area (Å²) in [5, 5.41) is 0. The Morgan fingerprint density at radius 2 is 1.68 bits per heavy atom. The highest BCUT2D eigenvalue weighted by Gasteiger charge is 2.46. The molecule has 1 aliphatic heterocycles. The van der Waals surface area contributed by atoms with Gasteiger partial charge in [-0.15, -0.1) is 0 Å². The summed E-state index contributed by atoms with van der Waals surface area (Å²) in [5.41, 5.74) is 1.71. The molecule has 0 unspecified atom stereocenters. The largest absolute Gasteiger partial charge is 0.482 e. The van der Waals surface area contributed by atoms with E-state index in [1.165, 1.54) is 17.7 Å². The summed E-state index contributed by atoms with van der Waals surface area (Å²) in [5.74, 6) is -0.403. The predicted molar refractivity (Wildman–Crippen MR) is 71.4 cm³/mol. The number of allylic oxidation sites excluding steroid dienone is 3. The summed E-state index contributed by atoms with van der Waals surface area (Å²) in [7, 11) is 0. The lowest BCUT2D eigenvalue weighted by Crippen LogP contribution is -2.44. The maximum Gasteiger partial charge on any atom is 0.229 e. The molecule has 0 radical (unpaired) electrons. The summed E-state index contributed by atoms with van der Waals surface area (Å²) in [6.45, 7) is 6.51. The van der Waals surface area contributed by atoms with Crippen LogP contribution >= 0.6 is 0 Å². The summed E-state index contributed by atoms with van der Waals surface area (Å²) in [6.07, 6.45) is 7.97. The van der Waals surface area contributed by atoms with Crippen LogP contribution in [0.5, 0.6) is 0 Å². The van der Waals surface area contributed by atoms with Gasteiger partial charge < -0.3 is 4.74 Å². The highest BCUT2D eigenvalue weighted by atomic mass is 16.5. The molecule has 0 spiro atoms. The van der Waals surface area contributed by atoms with Crippen molar-refractivity contribution >= 4 is 11.6 Å². The Morgan fingerprint density at radius 3 is 2.42 bits per heavy atom. The first kappa shape index (κ1) is 12.4. The van der Waals surface area contributed by atoms with Crippen molar-refractivity contribution < 1.29 is 14.3 Å². The SMILES string of the molecule is CC1(C)CCC[C@]2(C)OC3=CC(=O)C(=O)C=C3C=C12. The van der Waals surface area contributed by atoms with E-state index >= 15 is 0 Å². The first-order valence-electron chi connectivity index (χ1n) is 6.76. The molecule has 0 aromatic rings. The second kappa shape index (κ2) is 3.69. The zero-order chi connectivity index (χ0) is 13.8. The van der Waals surface area contributed by atoms with E-state index in [-0.39, 0.29) is 11.0 Å². The Kier molecular flexibility index (Phi) is 2.40. The lowest BCUT2D eigenvalue weighted by molar-refractivity contribution is -0.131. The van der Waals surface area contributed by atoms with Crippen LogP contribution in [0, 0.1) is 5.41 Å². The second-order valence-corrected chi connectivity index (χ2v) is 6.47. The lowest BCUT2D eigenvalue weighted by atomic mass is 9.64. The molecule has 1 atom stereocenters. The molecule has 100 valence electrons. The van der Waals surface area contributed by atoms with Gasteiger partial charge in [0.15, 0.2) is 0 Å². The number of hydrogen-bond donors (Lipinski definition) is 0. The first-order valence-corrected chi connectivity index (χ1v) is 6.76. The maximum absolute atomic E-state index is 11.5. The van der Waals surface area contributed by atoms with Gasteiger partial charge in [-0.05, 0) is 43.3 Å². The first-order chi connectivity index (χ1) is 8.82. The molecule has 0 saturated heterocycles. The molecule has 0 bridgehead atoms. The minimum absolute atomic E-state index is 0.0733. The number of ketones is 2. The molecule has 0 amide bonds. The zero-order valence-corrected chi connectivity index (χ0v) is 11.6. The number of carbonyl (C=O) groups excluding carboxylic acids is 2. The number of hydrogen-bond acceptors (Lipinski definition) is 3. The van der Waals surface area contributed by atoms with Crippen LogP contribution in [-0.4, -0.2) is 17.2 Å². The fourth-order valence-corrected chi connectivity index (χ4v) is 3.46. The van der Waals surface area contributed by atoms with E-state index in [1.54, 1.807) is 0 Å². The van der Waals surface area contributed by atoms with Gasteiger partial charge in [0.1, 0.15) is 11.4 Å². The van der Waals surface area contributed by atoms with Crippen molar-refractivity contribution in [2.24, 2.45) is 5.41 Å². The molecular weight excluding hydrogens is 240 g/mol. The molecule has 2 aliphatic carbocycles. The van der Waals surface area contributed by atoms with Crippen LogP contribution in [0.2, 0.25) is 0 Å². The molecule has 3 nitrogen and oxygen atoms in total. The Labute approximate surface area is 113 Å². The summed E-state index contributed by atoms with van der Waals surface area (Å²) in [4.78, 5) is 23.0. The number of carbonyl (C=O) groups is 2. The van der Waals surface area contributed by atoms with Crippen molar-refractivity contribution in [2.75, 3.05) is 0 Å². The molecule has 19 heavy (non-hydrogen) atoms. The second-order valence-electron chi connectivity index (χ2n) is 6.47. The van der Waals surface area contributed by atoms with E-state index in [0.717, 1.165) is 24.8 Å². The van der Waals surface area contributed by atoms with Crippen LogP contribution in [0.15, 0.2) is 35.1 Å². The van der Waals surface area contributed by atoms with Gasteiger partial charge in [-0.2, -0.15) is 0 Å². The third-order valence-corrected chi connectivity index (χ3v) is 4.47. The molecule has 0 N–H and O–H groups in total. The van der Waals surface area contributed by atoms with Crippen molar-refractivity contribution in [3.63, 3.8) is 0 Å². The maximum atomic E-state index is 11.5. The zero-order valence-electron chi connectivity index (χ0n) is 11.6. The van der Waals surface area contributed by atoms with Gasteiger partial charge >= 0.3 is 0 Å².